The molecule has 106 valence electrons. The van der Waals surface area contributed by atoms with Crippen molar-refractivity contribution in [2.24, 2.45) is 11.7 Å². The van der Waals surface area contributed by atoms with Crippen molar-refractivity contribution in [3.05, 3.63) is 35.9 Å². The third-order valence-electron chi connectivity index (χ3n) is 4.15. The normalized spacial score (nSPS) is 23.7. The van der Waals surface area contributed by atoms with Gasteiger partial charge < -0.3 is 10.6 Å². The van der Waals surface area contributed by atoms with Gasteiger partial charge in [-0.25, -0.2) is 0 Å². The van der Waals surface area contributed by atoms with Gasteiger partial charge in [0, 0.05) is 25.2 Å². The van der Waals surface area contributed by atoms with Crippen LogP contribution in [0.25, 0.3) is 0 Å². The zero-order valence-corrected chi connectivity index (χ0v) is 12.4. The maximum Gasteiger partial charge on any atom is 0.0493 e. The van der Waals surface area contributed by atoms with Gasteiger partial charge >= 0.3 is 0 Å². The van der Waals surface area contributed by atoms with E-state index in [0.29, 0.717) is 6.04 Å². The van der Waals surface area contributed by atoms with Crippen LogP contribution in [-0.2, 0) is 0 Å². The van der Waals surface area contributed by atoms with E-state index in [1.165, 1.54) is 25.1 Å². The minimum atomic E-state index is 0.145. The van der Waals surface area contributed by atoms with Crippen LogP contribution in [0, 0.1) is 5.92 Å². The van der Waals surface area contributed by atoms with Crippen molar-refractivity contribution in [1.29, 1.82) is 0 Å². The van der Waals surface area contributed by atoms with E-state index in [0.717, 1.165) is 12.5 Å². The minimum Gasteiger partial charge on any atom is -0.326 e. The molecule has 2 rings (SSSR count). The van der Waals surface area contributed by atoms with Crippen molar-refractivity contribution >= 4 is 0 Å². The highest BCUT2D eigenvalue weighted by atomic mass is 15.2. The highest BCUT2D eigenvalue weighted by Gasteiger charge is 2.26. The molecule has 3 nitrogen and oxygen atoms in total. The minimum absolute atomic E-state index is 0.145. The Morgan fingerprint density at radius 1 is 1.37 bits per heavy atom. The van der Waals surface area contributed by atoms with Gasteiger partial charge in [-0.3, -0.25) is 4.90 Å². The lowest BCUT2D eigenvalue weighted by molar-refractivity contribution is 0.187. The quantitative estimate of drug-likeness (QED) is 0.879. The summed E-state index contributed by atoms with van der Waals surface area (Å²) in [6.07, 6.45) is 1.31. The zero-order chi connectivity index (χ0) is 13.8. The average Bonchev–Trinajstić information content (AvgIpc) is 2.75. The van der Waals surface area contributed by atoms with E-state index in [1.54, 1.807) is 0 Å². The van der Waals surface area contributed by atoms with Gasteiger partial charge in [0.05, 0.1) is 0 Å². The molecular weight excluding hydrogens is 234 g/mol. The number of nitrogens with zero attached hydrogens (tertiary/aromatic N) is 2. The summed E-state index contributed by atoms with van der Waals surface area (Å²) >= 11 is 0. The number of likely N-dealkylation sites (tertiary alicyclic amines) is 1. The van der Waals surface area contributed by atoms with Gasteiger partial charge in [0.25, 0.3) is 0 Å². The van der Waals surface area contributed by atoms with E-state index in [-0.39, 0.29) is 6.04 Å². The number of benzene rings is 1. The number of likely N-dealkylation sites (N-methyl/N-ethyl adjacent to an activating group) is 1. The molecule has 1 heterocycles. The molecule has 19 heavy (non-hydrogen) atoms. The second-order valence-corrected chi connectivity index (χ2v) is 6.07. The molecule has 0 radical (unpaired) electrons. The Morgan fingerprint density at radius 3 is 2.58 bits per heavy atom. The third-order valence-corrected chi connectivity index (χ3v) is 4.15. The van der Waals surface area contributed by atoms with Crippen LogP contribution in [-0.4, -0.2) is 49.6 Å². The van der Waals surface area contributed by atoms with Gasteiger partial charge in [0.1, 0.15) is 0 Å². The molecule has 1 fully saturated rings. The SMILES string of the molecule is CC(N)C(c1ccccc1)N(C)CC1CCN(C)C1. The van der Waals surface area contributed by atoms with E-state index in [2.05, 4.69) is 61.2 Å². The fourth-order valence-electron chi connectivity index (χ4n) is 3.31. The van der Waals surface area contributed by atoms with E-state index in [4.69, 9.17) is 5.73 Å². The Labute approximate surface area is 117 Å². The van der Waals surface area contributed by atoms with Crippen LogP contribution in [0.4, 0.5) is 0 Å². The summed E-state index contributed by atoms with van der Waals surface area (Å²) in [5, 5.41) is 0. The molecule has 0 saturated carbocycles. The highest BCUT2D eigenvalue weighted by molar-refractivity contribution is 5.20. The van der Waals surface area contributed by atoms with Crippen LogP contribution in [0.3, 0.4) is 0 Å². The number of hydrogen-bond acceptors (Lipinski definition) is 3. The fraction of sp³-hybridized carbons (Fsp3) is 0.625. The molecule has 1 aliphatic heterocycles. The lowest BCUT2D eigenvalue weighted by Gasteiger charge is -2.33. The number of hydrogen-bond donors (Lipinski definition) is 1. The van der Waals surface area contributed by atoms with Crippen molar-refractivity contribution < 1.29 is 0 Å². The molecule has 1 aliphatic rings. The van der Waals surface area contributed by atoms with Crippen LogP contribution in [0.15, 0.2) is 30.3 Å². The second-order valence-electron chi connectivity index (χ2n) is 6.07. The molecule has 1 aromatic carbocycles. The molecule has 0 amide bonds. The van der Waals surface area contributed by atoms with Crippen molar-refractivity contribution in [3.8, 4) is 0 Å². The summed E-state index contributed by atoms with van der Waals surface area (Å²) < 4.78 is 0. The molecule has 1 saturated heterocycles. The van der Waals surface area contributed by atoms with E-state index in [1.807, 2.05) is 0 Å². The Morgan fingerprint density at radius 2 is 2.05 bits per heavy atom. The van der Waals surface area contributed by atoms with E-state index < -0.39 is 0 Å². The average molecular weight is 261 g/mol. The number of rotatable bonds is 5. The first kappa shape index (κ1) is 14.5. The smallest absolute Gasteiger partial charge is 0.0493 e. The van der Waals surface area contributed by atoms with Crippen molar-refractivity contribution in [2.45, 2.75) is 25.4 Å². The van der Waals surface area contributed by atoms with E-state index >= 15 is 0 Å². The Hall–Kier alpha value is -0.900. The first-order valence-corrected chi connectivity index (χ1v) is 7.27. The highest BCUT2D eigenvalue weighted by Crippen LogP contribution is 2.25. The standard InChI is InChI=1S/C16H27N3/c1-13(17)16(15-7-5-4-6-8-15)19(3)12-14-9-10-18(2)11-14/h4-8,13-14,16H,9-12,17H2,1-3H3. The van der Waals surface area contributed by atoms with Crippen molar-refractivity contribution in [2.75, 3.05) is 33.7 Å². The van der Waals surface area contributed by atoms with Crippen LogP contribution in [0.5, 0.6) is 0 Å². The number of nitrogens with two attached hydrogens (primary N) is 1. The Balaban J connectivity index is 2.03. The van der Waals surface area contributed by atoms with E-state index in [9.17, 15) is 0 Å². The zero-order valence-electron chi connectivity index (χ0n) is 12.4. The maximum atomic E-state index is 6.22. The van der Waals surface area contributed by atoms with Gasteiger partial charge in [-0.05, 0) is 45.5 Å². The molecule has 0 spiro atoms. The van der Waals surface area contributed by atoms with Crippen LogP contribution >= 0.6 is 0 Å². The predicted molar refractivity (Wildman–Crippen MR) is 81.1 cm³/mol. The van der Waals surface area contributed by atoms with Gasteiger partial charge in [0.15, 0.2) is 0 Å². The fourth-order valence-corrected chi connectivity index (χ4v) is 3.31. The molecule has 2 N–H and O–H groups in total. The van der Waals surface area contributed by atoms with Crippen molar-refractivity contribution in [3.63, 3.8) is 0 Å². The van der Waals surface area contributed by atoms with Crippen LogP contribution in [0.2, 0.25) is 0 Å². The topological polar surface area (TPSA) is 32.5 Å². The molecule has 0 aromatic heterocycles. The molecule has 3 atom stereocenters. The summed E-state index contributed by atoms with van der Waals surface area (Å²) in [7, 11) is 4.42. The molecular formula is C16H27N3. The van der Waals surface area contributed by atoms with Crippen LogP contribution in [0.1, 0.15) is 24.9 Å². The van der Waals surface area contributed by atoms with Gasteiger partial charge in [-0.2, -0.15) is 0 Å². The predicted octanol–water partition coefficient (Wildman–Crippen LogP) is 1.96. The Kier molecular flexibility index (Phi) is 4.97. The van der Waals surface area contributed by atoms with Gasteiger partial charge in [0.2, 0.25) is 0 Å². The van der Waals surface area contributed by atoms with Crippen LogP contribution < -0.4 is 5.73 Å². The Bertz CT molecular complexity index is 377. The summed E-state index contributed by atoms with van der Waals surface area (Å²) in [5.41, 5.74) is 7.54. The molecule has 0 bridgehead atoms. The summed E-state index contributed by atoms with van der Waals surface area (Å²) in [6.45, 7) is 5.68. The molecule has 3 heteroatoms. The third kappa shape index (κ3) is 3.78. The lowest BCUT2D eigenvalue weighted by atomic mass is 9.98. The molecule has 0 aliphatic carbocycles. The van der Waals surface area contributed by atoms with Gasteiger partial charge in [-0.15, -0.1) is 0 Å². The van der Waals surface area contributed by atoms with Crippen molar-refractivity contribution in [1.82, 2.24) is 9.80 Å². The first-order chi connectivity index (χ1) is 9.08. The summed E-state index contributed by atoms with van der Waals surface area (Å²) in [5.74, 6) is 0.778. The molecule has 1 aromatic rings. The summed E-state index contributed by atoms with van der Waals surface area (Å²) in [6, 6.07) is 11.1. The monoisotopic (exact) mass is 261 g/mol. The lowest BCUT2D eigenvalue weighted by Crippen LogP contribution is -2.40. The molecule has 3 unspecified atom stereocenters. The second kappa shape index (κ2) is 6.51. The largest absolute Gasteiger partial charge is 0.326 e. The maximum absolute atomic E-state index is 6.22. The first-order valence-electron chi connectivity index (χ1n) is 7.27. The summed E-state index contributed by atoms with van der Waals surface area (Å²) in [4.78, 5) is 4.85. The van der Waals surface area contributed by atoms with Gasteiger partial charge in [-0.1, -0.05) is 30.3 Å².